The van der Waals surface area contributed by atoms with Gasteiger partial charge in [0.25, 0.3) is 5.91 Å². The number of ether oxygens (including phenoxy) is 4. The smallest absolute Gasteiger partial charge is 0.256 e. The van der Waals surface area contributed by atoms with Gasteiger partial charge in [-0.3, -0.25) is 14.5 Å². The molecule has 0 aliphatic carbocycles. The second kappa shape index (κ2) is 10.4. The Morgan fingerprint density at radius 1 is 0.838 bits per heavy atom. The molecule has 10 heteroatoms. The fourth-order valence-corrected chi connectivity index (χ4v) is 4.89. The predicted octanol–water partition coefficient (Wildman–Crippen LogP) is 5.61. The Kier molecular flexibility index (Phi) is 7.43. The zero-order valence-electron chi connectivity index (χ0n) is 21.0. The van der Waals surface area contributed by atoms with Crippen molar-refractivity contribution in [3.05, 3.63) is 69.7 Å². The lowest BCUT2D eigenvalue weighted by atomic mass is 9.75. The molecule has 194 valence electrons. The van der Waals surface area contributed by atoms with E-state index in [1.54, 1.807) is 18.2 Å². The van der Waals surface area contributed by atoms with Crippen molar-refractivity contribution in [1.82, 2.24) is 0 Å². The molecule has 1 N–H and O–H groups in total. The van der Waals surface area contributed by atoms with Crippen LogP contribution < -0.4 is 29.2 Å². The van der Waals surface area contributed by atoms with Gasteiger partial charge in [-0.1, -0.05) is 53.0 Å². The standard InChI is InChI=1S/C27H26Cl2N2O6/c1-15-6-8-16(9-7-15)27(26(33)30-19-10-17(28)21(34-2)12-23(19)36-4)14-25(32)31(27)20-11-18(29)22(35-3)13-24(20)37-5/h6-13H,14H2,1-5H3,(H,30,33). The van der Waals surface area contributed by atoms with Crippen molar-refractivity contribution in [3.63, 3.8) is 0 Å². The average molecular weight is 545 g/mol. The number of methoxy groups -OCH3 is 4. The summed E-state index contributed by atoms with van der Waals surface area (Å²) in [6.07, 6.45) is -0.0824. The van der Waals surface area contributed by atoms with Crippen molar-refractivity contribution in [2.75, 3.05) is 38.7 Å². The lowest BCUT2D eigenvalue weighted by molar-refractivity contribution is -0.137. The molecular weight excluding hydrogens is 519 g/mol. The number of amides is 2. The number of rotatable bonds is 8. The molecule has 8 nitrogen and oxygen atoms in total. The van der Waals surface area contributed by atoms with Gasteiger partial charge in [-0.25, -0.2) is 0 Å². The summed E-state index contributed by atoms with van der Waals surface area (Å²) in [5, 5.41) is 3.46. The maximum Gasteiger partial charge on any atom is 0.256 e. The number of β-lactam (4-membered cyclic amide) rings is 1. The van der Waals surface area contributed by atoms with Crippen LogP contribution in [0, 0.1) is 6.92 Å². The van der Waals surface area contributed by atoms with Crippen LogP contribution in [0.15, 0.2) is 48.5 Å². The van der Waals surface area contributed by atoms with Crippen LogP contribution in [0.25, 0.3) is 0 Å². The molecule has 1 unspecified atom stereocenters. The molecule has 1 saturated heterocycles. The first-order chi connectivity index (χ1) is 17.7. The van der Waals surface area contributed by atoms with Crippen molar-refractivity contribution in [1.29, 1.82) is 0 Å². The molecule has 1 atom stereocenters. The summed E-state index contributed by atoms with van der Waals surface area (Å²) in [6, 6.07) is 13.7. The number of hydrogen-bond acceptors (Lipinski definition) is 6. The van der Waals surface area contributed by atoms with Gasteiger partial charge in [-0.15, -0.1) is 0 Å². The molecule has 0 aromatic heterocycles. The zero-order chi connectivity index (χ0) is 26.9. The summed E-state index contributed by atoms with van der Waals surface area (Å²) in [7, 11) is 5.90. The first kappa shape index (κ1) is 26.4. The highest BCUT2D eigenvalue weighted by Gasteiger charge is 2.59. The Morgan fingerprint density at radius 2 is 1.38 bits per heavy atom. The predicted molar refractivity (Wildman–Crippen MR) is 143 cm³/mol. The van der Waals surface area contributed by atoms with Crippen LogP contribution in [0.1, 0.15) is 17.5 Å². The van der Waals surface area contributed by atoms with E-state index in [0.717, 1.165) is 5.56 Å². The van der Waals surface area contributed by atoms with Gasteiger partial charge in [-0.2, -0.15) is 0 Å². The Morgan fingerprint density at radius 3 is 1.92 bits per heavy atom. The summed E-state index contributed by atoms with van der Waals surface area (Å²) in [5.41, 5.74) is 0.865. The monoisotopic (exact) mass is 544 g/mol. The number of halogens is 2. The molecule has 0 spiro atoms. The van der Waals surface area contributed by atoms with E-state index >= 15 is 0 Å². The number of carbonyl (C=O) groups excluding carboxylic acids is 2. The molecule has 3 aromatic rings. The summed E-state index contributed by atoms with van der Waals surface area (Å²) in [5.74, 6) is 0.681. The van der Waals surface area contributed by atoms with Gasteiger partial charge in [0.15, 0.2) is 5.54 Å². The van der Waals surface area contributed by atoms with E-state index in [4.69, 9.17) is 42.1 Å². The molecule has 1 aliphatic heterocycles. The summed E-state index contributed by atoms with van der Waals surface area (Å²) in [6.45, 7) is 1.94. The van der Waals surface area contributed by atoms with E-state index in [9.17, 15) is 9.59 Å². The number of nitrogens with one attached hydrogen (secondary N) is 1. The van der Waals surface area contributed by atoms with Crippen molar-refractivity contribution >= 4 is 46.4 Å². The van der Waals surface area contributed by atoms with E-state index in [0.29, 0.717) is 39.9 Å². The number of anilines is 2. The van der Waals surface area contributed by atoms with E-state index in [2.05, 4.69) is 5.32 Å². The van der Waals surface area contributed by atoms with Crippen molar-refractivity contribution in [3.8, 4) is 23.0 Å². The fourth-order valence-electron chi connectivity index (χ4n) is 4.41. The number of hydrogen-bond donors (Lipinski definition) is 1. The van der Waals surface area contributed by atoms with E-state index in [1.807, 2.05) is 31.2 Å². The Labute approximate surface area is 225 Å². The minimum absolute atomic E-state index is 0.0824. The first-order valence-corrected chi connectivity index (χ1v) is 12.0. The van der Waals surface area contributed by atoms with Gasteiger partial charge in [0, 0.05) is 12.1 Å². The third kappa shape index (κ3) is 4.51. The average Bonchev–Trinajstić information content (AvgIpc) is 2.88. The highest BCUT2D eigenvalue weighted by atomic mass is 35.5. The van der Waals surface area contributed by atoms with Gasteiger partial charge in [0.05, 0.1) is 56.3 Å². The van der Waals surface area contributed by atoms with E-state index in [-0.39, 0.29) is 22.4 Å². The lowest BCUT2D eigenvalue weighted by Crippen LogP contribution is -2.67. The quantitative estimate of drug-likeness (QED) is 0.371. The van der Waals surface area contributed by atoms with Crippen LogP contribution in [0.5, 0.6) is 23.0 Å². The van der Waals surface area contributed by atoms with Gasteiger partial charge in [0.2, 0.25) is 5.91 Å². The number of aryl methyl sites for hydroxylation is 1. The molecule has 3 aromatic carbocycles. The van der Waals surface area contributed by atoms with Crippen LogP contribution in [-0.4, -0.2) is 40.3 Å². The summed E-state index contributed by atoms with van der Waals surface area (Å²) >= 11 is 12.8. The Hall–Kier alpha value is -3.62. The molecule has 0 saturated carbocycles. The first-order valence-electron chi connectivity index (χ1n) is 11.2. The highest BCUT2D eigenvalue weighted by Crippen LogP contribution is 2.51. The minimum Gasteiger partial charge on any atom is -0.495 e. The minimum atomic E-state index is -1.41. The van der Waals surface area contributed by atoms with E-state index in [1.165, 1.54) is 39.4 Å². The van der Waals surface area contributed by atoms with Crippen LogP contribution in [0.3, 0.4) is 0 Å². The number of nitrogens with zero attached hydrogens (tertiary/aromatic N) is 1. The second-order valence-electron chi connectivity index (χ2n) is 8.43. The molecule has 1 aliphatic rings. The van der Waals surface area contributed by atoms with Crippen molar-refractivity contribution < 1.29 is 28.5 Å². The number of carbonyl (C=O) groups is 2. The molecule has 37 heavy (non-hydrogen) atoms. The molecule has 0 bridgehead atoms. The van der Waals surface area contributed by atoms with Gasteiger partial charge >= 0.3 is 0 Å². The Balaban J connectivity index is 1.87. The maximum atomic E-state index is 14.1. The summed E-state index contributed by atoms with van der Waals surface area (Å²) in [4.78, 5) is 28.7. The summed E-state index contributed by atoms with van der Waals surface area (Å²) < 4.78 is 21.6. The number of benzene rings is 3. The molecule has 2 amide bonds. The molecule has 1 fully saturated rings. The topological polar surface area (TPSA) is 86.3 Å². The van der Waals surface area contributed by atoms with Crippen molar-refractivity contribution in [2.24, 2.45) is 0 Å². The fraction of sp³-hybridized carbons (Fsp3) is 0.259. The van der Waals surface area contributed by atoms with Crippen LogP contribution in [-0.2, 0) is 15.1 Å². The second-order valence-corrected chi connectivity index (χ2v) is 9.25. The molecule has 4 rings (SSSR count). The van der Waals surface area contributed by atoms with Crippen molar-refractivity contribution in [2.45, 2.75) is 18.9 Å². The van der Waals surface area contributed by atoms with Gasteiger partial charge in [0.1, 0.15) is 23.0 Å². The third-order valence-electron chi connectivity index (χ3n) is 6.36. The van der Waals surface area contributed by atoms with Gasteiger partial charge in [-0.05, 0) is 24.6 Å². The Bertz CT molecular complexity index is 1360. The SMILES string of the molecule is COc1cc(OC)c(NC(=O)C2(c3ccc(C)cc3)CC(=O)N2c2cc(Cl)c(OC)cc2OC)cc1Cl. The normalized spacial score (nSPS) is 16.6. The van der Waals surface area contributed by atoms with E-state index < -0.39 is 11.4 Å². The lowest BCUT2D eigenvalue weighted by Gasteiger charge is -2.51. The highest BCUT2D eigenvalue weighted by molar-refractivity contribution is 6.33. The van der Waals surface area contributed by atoms with Crippen LogP contribution in [0.2, 0.25) is 10.0 Å². The largest absolute Gasteiger partial charge is 0.495 e. The third-order valence-corrected chi connectivity index (χ3v) is 6.95. The van der Waals surface area contributed by atoms with Crippen LogP contribution in [0.4, 0.5) is 11.4 Å². The molecular formula is C27H26Cl2N2O6. The zero-order valence-corrected chi connectivity index (χ0v) is 22.5. The molecule has 0 radical (unpaired) electrons. The van der Waals surface area contributed by atoms with Gasteiger partial charge < -0.3 is 24.3 Å². The van der Waals surface area contributed by atoms with Crippen LogP contribution >= 0.6 is 23.2 Å². The molecule has 1 heterocycles. The maximum absolute atomic E-state index is 14.1.